The van der Waals surface area contributed by atoms with Gasteiger partial charge in [0, 0.05) is 6.04 Å². The van der Waals surface area contributed by atoms with Gasteiger partial charge in [0.2, 0.25) is 0 Å². The van der Waals surface area contributed by atoms with Crippen LogP contribution in [0, 0.1) is 3.57 Å². The Morgan fingerprint density at radius 2 is 2.00 bits per heavy atom. The van der Waals surface area contributed by atoms with Gasteiger partial charge in [0.15, 0.2) is 6.61 Å². The molecule has 1 aliphatic heterocycles. The maximum Gasteiger partial charge on any atom is 0.343 e. The minimum Gasteiger partial charge on any atom is -0.481 e. The number of ether oxygens (including phenoxy) is 2. The van der Waals surface area contributed by atoms with Gasteiger partial charge < -0.3 is 9.47 Å². The highest BCUT2D eigenvalue weighted by Crippen LogP contribution is 2.28. The standard InChI is InChI=1S/C19H19IN2O6/c1-27-16(23)10-28-15-7-6-11(9-14(15)20)8-13-17(24)21-19(26)22(18(13)25)12-4-2-3-5-12/h6-9,12H,2-5,10H2,1H3,(H,21,24,26)/b13-8+. The summed E-state index contributed by atoms with van der Waals surface area (Å²) in [5.41, 5.74) is 0.527. The van der Waals surface area contributed by atoms with Crippen LogP contribution in [0.3, 0.4) is 0 Å². The van der Waals surface area contributed by atoms with Crippen LogP contribution in [0.5, 0.6) is 5.75 Å². The number of urea groups is 1. The Kier molecular flexibility index (Phi) is 6.32. The number of rotatable bonds is 5. The maximum atomic E-state index is 12.8. The molecule has 8 nitrogen and oxygen atoms in total. The zero-order valence-corrected chi connectivity index (χ0v) is 17.4. The van der Waals surface area contributed by atoms with Gasteiger partial charge in [-0.2, -0.15) is 0 Å². The quantitative estimate of drug-likeness (QED) is 0.289. The van der Waals surface area contributed by atoms with Crippen molar-refractivity contribution in [2.24, 2.45) is 0 Å². The molecular formula is C19H19IN2O6. The Morgan fingerprint density at radius 3 is 2.64 bits per heavy atom. The molecule has 9 heteroatoms. The molecule has 0 aromatic heterocycles. The van der Waals surface area contributed by atoms with E-state index in [0.717, 1.165) is 25.7 Å². The molecule has 1 saturated carbocycles. The zero-order chi connectivity index (χ0) is 20.3. The lowest BCUT2D eigenvalue weighted by Gasteiger charge is -2.31. The van der Waals surface area contributed by atoms with E-state index in [1.54, 1.807) is 18.2 Å². The highest BCUT2D eigenvalue weighted by atomic mass is 127. The van der Waals surface area contributed by atoms with E-state index in [4.69, 9.17) is 4.74 Å². The number of halogens is 1. The van der Waals surface area contributed by atoms with Crippen molar-refractivity contribution in [3.05, 3.63) is 32.9 Å². The molecule has 3 rings (SSSR count). The third-order valence-corrected chi connectivity index (χ3v) is 5.51. The summed E-state index contributed by atoms with van der Waals surface area (Å²) in [5.74, 6) is -1.29. The second-order valence-electron chi connectivity index (χ2n) is 6.49. The summed E-state index contributed by atoms with van der Waals surface area (Å²) in [6.45, 7) is -0.216. The van der Waals surface area contributed by atoms with Crippen molar-refractivity contribution < 1.29 is 28.7 Å². The van der Waals surface area contributed by atoms with Crippen molar-refractivity contribution in [1.82, 2.24) is 10.2 Å². The molecule has 1 saturated heterocycles. The summed E-state index contributed by atoms with van der Waals surface area (Å²) in [4.78, 5) is 49.5. The first-order chi connectivity index (χ1) is 13.4. The van der Waals surface area contributed by atoms with E-state index in [2.05, 4.69) is 10.1 Å². The van der Waals surface area contributed by atoms with Crippen molar-refractivity contribution >= 4 is 52.5 Å². The van der Waals surface area contributed by atoms with Gasteiger partial charge in [0.1, 0.15) is 11.3 Å². The number of benzene rings is 1. The number of nitrogens with zero attached hydrogens (tertiary/aromatic N) is 1. The van der Waals surface area contributed by atoms with Crippen LogP contribution in [-0.4, -0.2) is 48.5 Å². The van der Waals surface area contributed by atoms with Crippen LogP contribution in [0.2, 0.25) is 0 Å². The average molecular weight is 498 g/mol. The number of nitrogens with one attached hydrogen (secondary N) is 1. The smallest absolute Gasteiger partial charge is 0.343 e. The predicted octanol–water partition coefficient (Wildman–Crippen LogP) is 2.25. The number of methoxy groups -OCH3 is 1. The fourth-order valence-corrected chi connectivity index (χ4v) is 3.95. The molecule has 4 amide bonds. The SMILES string of the molecule is COC(=O)COc1ccc(/C=C2\C(=O)NC(=O)N(C3CCCC3)C2=O)cc1I. The molecule has 1 aromatic carbocycles. The van der Waals surface area contributed by atoms with Crippen LogP contribution in [0.1, 0.15) is 31.2 Å². The molecule has 0 radical (unpaired) electrons. The molecule has 0 bridgehead atoms. The fraction of sp³-hybridized carbons (Fsp3) is 0.368. The van der Waals surface area contributed by atoms with Gasteiger partial charge in [0.25, 0.3) is 11.8 Å². The summed E-state index contributed by atoms with van der Waals surface area (Å²) in [7, 11) is 1.28. The number of carbonyl (C=O) groups excluding carboxylic acids is 4. The first-order valence-corrected chi connectivity index (χ1v) is 9.88. The third-order valence-electron chi connectivity index (χ3n) is 4.66. The van der Waals surface area contributed by atoms with Crippen molar-refractivity contribution in [3.8, 4) is 5.75 Å². The molecule has 148 valence electrons. The number of hydrogen-bond acceptors (Lipinski definition) is 6. The number of imide groups is 2. The van der Waals surface area contributed by atoms with Crippen molar-refractivity contribution in [3.63, 3.8) is 0 Å². The van der Waals surface area contributed by atoms with Gasteiger partial charge in [0.05, 0.1) is 10.7 Å². The third kappa shape index (κ3) is 4.34. The fourth-order valence-electron chi connectivity index (χ4n) is 3.25. The lowest BCUT2D eigenvalue weighted by Crippen LogP contribution is -2.57. The lowest BCUT2D eigenvalue weighted by molar-refractivity contribution is -0.143. The van der Waals surface area contributed by atoms with E-state index >= 15 is 0 Å². The Balaban J connectivity index is 1.81. The summed E-state index contributed by atoms with van der Waals surface area (Å²) < 4.78 is 10.6. The monoisotopic (exact) mass is 498 g/mol. The molecule has 0 spiro atoms. The van der Waals surface area contributed by atoms with E-state index in [1.165, 1.54) is 18.1 Å². The molecule has 1 heterocycles. The number of amides is 4. The number of barbiturate groups is 1. The minimum atomic E-state index is -0.703. The molecule has 28 heavy (non-hydrogen) atoms. The van der Waals surface area contributed by atoms with Crippen LogP contribution in [-0.2, 0) is 19.1 Å². The molecule has 1 aliphatic carbocycles. The van der Waals surface area contributed by atoms with E-state index < -0.39 is 23.8 Å². The van der Waals surface area contributed by atoms with Crippen LogP contribution in [0.4, 0.5) is 4.79 Å². The molecule has 2 aliphatic rings. The van der Waals surface area contributed by atoms with Crippen LogP contribution in [0.15, 0.2) is 23.8 Å². The molecule has 0 atom stereocenters. The van der Waals surface area contributed by atoms with Gasteiger partial charge in [-0.05, 0) is 59.2 Å². The van der Waals surface area contributed by atoms with Crippen LogP contribution >= 0.6 is 22.6 Å². The zero-order valence-electron chi connectivity index (χ0n) is 15.2. The lowest BCUT2D eigenvalue weighted by atomic mass is 10.1. The molecule has 1 N–H and O–H groups in total. The van der Waals surface area contributed by atoms with E-state index in [-0.39, 0.29) is 18.2 Å². The summed E-state index contributed by atoms with van der Waals surface area (Å²) >= 11 is 2.03. The normalized spacial score (nSPS) is 19.1. The van der Waals surface area contributed by atoms with Crippen LogP contribution < -0.4 is 10.1 Å². The Morgan fingerprint density at radius 1 is 1.29 bits per heavy atom. The van der Waals surface area contributed by atoms with Gasteiger partial charge >= 0.3 is 12.0 Å². The number of carbonyl (C=O) groups is 4. The van der Waals surface area contributed by atoms with Gasteiger partial charge in [-0.3, -0.25) is 19.8 Å². The Labute approximate surface area is 175 Å². The number of esters is 1. The average Bonchev–Trinajstić information content (AvgIpc) is 3.18. The second-order valence-corrected chi connectivity index (χ2v) is 7.65. The summed E-state index contributed by atoms with van der Waals surface area (Å²) in [5, 5.41) is 2.25. The summed E-state index contributed by atoms with van der Waals surface area (Å²) in [6.07, 6.45) is 4.88. The van der Waals surface area contributed by atoms with Gasteiger partial charge in [-0.1, -0.05) is 18.9 Å². The van der Waals surface area contributed by atoms with E-state index in [9.17, 15) is 19.2 Å². The Hall–Kier alpha value is -2.43. The number of hydrogen-bond donors (Lipinski definition) is 1. The minimum absolute atomic E-state index is 0.0782. The second kappa shape index (κ2) is 8.72. The van der Waals surface area contributed by atoms with Gasteiger partial charge in [-0.15, -0.1) is 0 Å². The van der Waals surface area contributed by atoms with Gasteiger partial charge in [-0.25, -0.2) is 9.59 Å². The first kappa shape index (κ1) is 20.3. The molecule has 0 unspecified atom stereocenters. The topological polar surface area (TPSA) is 102 Å². The van der Waals surface area contributed by atoms with E-state index in [0.29, 0.717) is 14.9 Å². The Bertz CT molecular complexity index is 860. The molecule has 1 aromatic rings. The predicted molar refractivity (Wildman–Crippen MR) is 107 cm³/mol. The van der Waals surface area contributed by atoms with Crippen LogP contribution in [0.25, 0.3) is 6.08 Å². The highest BCUT2D eigenvalue weighted by Gasteiger charge is 2.40. The van der Waals surface area contributed by atoms with E-state index in [1.807, 2.05) is 22.6 Å². The largest absolute Gasteiger partial charge is 0.481 e. The maximum absolute atomic E-state index is 12.8. The first-order valence-electron chi connectivity index (χ1n) is 8.80. The molecular weight excluding hydrogens is 479 g/mol. The van der Waals surface area contributed by atoms with Crippen molar-refractivity contribution in [2.75, 3.05) is 13.7 Å². The van der Waals surface area contributed by atoms with Crippen molar-refractivity contribution in [2.45, 2.75) is 31.7 Å². The highest BCUT2D eigenvalue weighted by molar-refractivity contribution is 14.1. The van der Waals surface area contributed by atoms with Crippen molar-refractivity contribution in [1.29, 1.82) is 0 Å². The molecule has 2 fully saturated rings. The summed E-state index contributed by atoms with van der Waals surface area (Å²) in [6, 6.07) is 4.20.